The molecule has 0 fully saturated rings. The summed E-state index contributed by atoms with van der Waals surface area (Å²) >= 11 is 0. The lowest BCUT2D eigenvalue weighted by molar-refractivity contribution is -0.114. The zero-order chi connectivity index (χ0) is 20.5. The highest BCUT2D eigenvalue weighted by Crippen LogP contribution is 2.27. The minimum absolute atomic E-state index is 0.181. The zero-order valence-electron chi connectivity index (χ0n) is 16.0. The largest absolute Gasteiger partial charge is 0.496 e. The Morgan fingerprint density at radius 1 is 0.821 bits per heavy atom. The summed E-state index contributed by atoms with van der Waals surface area (Å²) in [6, 6.07) is 11.6. The second-order valence-electron chi connectivity index (χ2n) is 5.81. The van der Waals surface area contributed by atoms with Gasteiger partial charge in [-0.05, 0) is 36.4 Å². The fourth-order valence-corrected chi connectivity index (χ4v) is 2.53. The molecule has 0 aromatic heterocycles. The van der Waals surface area contributed by atoms with Crippen LogP contribution in [-0.4, -0.2) is 45.0 Å². The number of amides is 3. The number of nitrogens with one attached hydrogen (secondary N) is 3. The van der Waals surface area contributed by atoms with Crippen molar-refractivity contribution in [1.82, 2.24) is 10.6 Å². The van der Waals surface area contributed by atoms with Crippen molar-refractivity contribution in [3.8, 4) is 11.5 Å². The second kappa shape index (κ2) is 9.96. The monoisotopic (exact) mass is 385 g/mol. The van der Waals surface area contributed by atoms with Gasteiger partial charge in [-0.1, -0.05) is 6.07 Å². The first-order chi connectivity index (χ1) is 13.5. The molecule has 0 saturated heterocycles. The molecule has 0 bridgehead atoms. The van der Waals surface area contributed by atoms with Gasteiger partial charge < -0.3 is 25.4 Å². The van der Waals surface area contributed by atoms with E-state index in [1.54, 1.807) is 42.5 Å². The van der Waals surface area contributed by atoms with Gasteiger partial charge in [-0.25, -0.2) is 0 Å². The maximum Gasteiger partial charge on any atom is 0.258 e. The Morgan fingerprint density at radius 2 is 1.36 bits per heavy atom. The topological polar surface area (TPSA) is 106 Å². The third-order valence-electron chi connectivity index (χ3n) is 3.82. The molecule has 0 saturated carbocycles. The molecule has 2 aromatic carbocycles. The van der Waals surface area contributed by atoms with Crippen molar-refractivity contribution in [2.45, 2.75) is 6.92 Å². The summed E-state index contributed by atoms with van der Waals surface area (Å²) in [5.74, 6) is -0.0124. The molecule has 2 aromatic rings. The minimum atomic E-state index is -0.358. The summed E-state index contributed by atoms with van der Waals surface area (Å²) < 4.78 is 10.4. The first kappa shape index (κ1) is 20.8. The Bertz CT molecular complexity index is 827. The maximum atomic E-state index is 12.4. The third-order valence-corrected chi connectivity index (χ3v) is 3.82. The third kappa shape index (κ3) is 5.47. The van der Waals surface area contributed by atoms with E-state index in [0.717, 1.165) is 0 Å². The molecule has 0 aliphatic carbocycles. The van der Waals surface area contributed by atoms with E-state index in [1.165, 1.54) is 21.1 Å². The van der Waals surface area contributed by atoms with Crippen LogP contribution in [0.3, 0.4) is 0 Å². The minimum Gasteiger partial charge on any atom is -0.496 e. The van der Waals surface area contributed by atoms with Crippen LogP contribution >= 0.6 is 0 Å². The van der Waals surface area contributed by atoms with Crippen LogP contribution in [0, 0.1) is 0 Å². The number of methoxy groups -OCH3 is 2. The lowest BCUT2D eigenvalue weighted by atomic mass is 10.1. The maximum absolute atomic E-state index is 12.4. The molecular formula is C20H23N3O5. The van der Waals surface area contributed by atoms with Crippen LogP contribution in [-0.2, 0) is 4.79 Å². The SMILES string of the molecule is COc1cccc(OC)c1C(=O)NCCNC(=O)c1ccc(NC(C)=O)cc1. The van der Waals surface area contributed by atoms with Crippen molar-refractivity contribution in [3.63, 3.8) is 0 Å². The molecule has 2 rings (SSSR count). The van der Waals surface area contributed by atoms with Gasteiger partial charge in [-0.15, -0.1) is 0 Å². The first-order valence-corrected chi connectivity index (χ1v) is 8.61. The molecule has 8 heteroatoms. The number of rotatable bonds is 8. The van der Waals surface area contributed by atoms with Gasteiger partial charge in [0.25, 0.3) is 11.8 Å². The van der Waals surface area contributed by atoms with E-state index in [9.17, 15) is 14.4 Å². The number of carbonyl (C=O) groups excluding carboxylic acids is 3. The van der Waals surface area contributed by atoms with Gasteiger partial charge in [-0.2, -0.15) is 0 Å². The molecule has 0 heterocycles. The van der Waals surface area contributed by atoms with Crippen LogP contribution in [0.15, 0.2) is 42.5 Å². The van der Waals surface area contributed by atoms with Crippen LogP contribution in [0.1, 0.15) is 27.6 Å². The molecule has 0 radical (unpaired) electrons. The Kier molecular flexibility index (Phi) is 7.38. The predicted molar refractivity (Wildman–Crippen MR) is 105 cm³/mol. The van der Waals surface area contributed by atoms with E-state index in [1.807, 2.05) is 0 Å². The number of hydrogen-bond acceptors (Lipinski definition) is 5. The molecule has 0 atom stereocenters. The Labute approximate surface area is 163 Å². The fourth-order valence-electron chi connectivity index (χ4n) is 2.53. The molecule has 3 amide bonds. The van der Waals surface area contributed by atoms with Crippen molar-refractivity contribution in [2.24, 2.45) is 0 Å². The van der Waals surface area contributed by atoms with Crippen LogP contribution in [0.25, 0.3) is 0 Å². The van der Waals surface area contributed by atoms with E-state index in [4.69, 9.17) is 9.47 Å². The van der Waals surface area contributed by atoms with Crippen LogP contribution in [0.2, 0.25) is 0 Å². The van der Waals surface area contributed by atoms with Crippen molar-refractivity contribution in [3.05, 3.63) is 53.6 Å². The molecule has 0 spiro atoms. The van der Waals surface area contributed by atoms with Crippen molar-refractivity contribution in [2.75, 3.05) is 32.6 Å². The van der Waals surface area contributed by atoms with Gasteiger partial charge in [-0.3, -0.25) is 14.4 Å². The number of ether oxygens (including phenoxy) is 2. The van der Waals surface area contributed by atoms with E-state index < -0.39 is 0 Å². The molecule has 28 heavy (non-hydrogen) atoms. The average molecular weight is 385 g/mol. The molecule has 148 valence electrons. The summed E-state index contributed by atoms with van der Waals surface area (Å²) in [5.41, 5.74) is 1.36. The molecule has 8 nitrogen and oxygen atoms in total. The van der Waals surface area contributed by atoms with Gasteiger partial charge in [0.1, 0.15) is 17.1 Å². The molecule has 0 aliphatic heterocycles. The number of anilines is 1. The highest BCUT2D eigenvalue weighted by atomic mass is 16.5. The average Bonchev–Trinajstić information content (AvgIpc) is 2.70. The van der Waals surface area contributed by atoms with Gasteiger partial charge >= 0.3 is 0 Å². The van der Waals surface area contributed by atoms with Crippen LogP contribution in [0.4, 0.5) is 5.69 Å². The predicted octanol–water partition coefficient (Wildman–Crippen LogP) is 1.82. The lowest BCUT2D eigenvalue weighted by Crippen LogP contribution is -2.35. The second-order valence-corrected chi connectivity index (χ2v) is 5.81. The van der Waals surface area contributed by atoms with E-state index in [-0.39, 0.29) is 30.8 Å². The summed E-state index contributed by atoms with van der Waals surface area (Å²) in [6.07, 6.45) is 0. The van der Waals surface area contributed by atoms with Gasteiger partial charge in [0, 0.05) is 31.3 Å². The fraction of sp³-hybridized carbons (Fsp3) is 0.250. The molecule has 0 aliphatic rings. The Hall–Kier alpha value is -3.55. The summed E-state index contributed by atoms with van der Waals surface area (Å²) in [7, 11) is 2.95. The van der Waals surface area contributed by atoms with Gasteiger partial charge in [0.05, 0.1) is 14.2 Å². The molecule has 3 N–H and O–H groups in total. The van der Waals surface area contributed by atoms with Crippen molar-refractivity contribution >= 4 is 23.4 Å². The molecule has 0 unspecified atom stereocenters. The van der Waals surface area contributed by atoms with E-state index in [2.05, 4.69) is 16.0 Å². The van der Waals surface area contributed by atoms with E-state index >= 15 is 0 Å². The quantitative estimate of drug-likeness (QED) is 0.601. The number of benzene rings is 2. The first-order valence-electron chi connectivity index (χ1n) is 8.61. The standard InChI is InChI=1S/C20H23N3O5/c1-13(24)23-15-9-7-14(8-10-15)19(25)21-11-12-22-20(26)18-16(27-2)5-4-6-17(18)28-3/h4-10H,11-12H2,1-3H3,(H,21,25)(H,22,26)(H,23,24). The van der Waals surface area contributed by atoms with E-state index in [0.29, 0.717) is 28.3 Å². The van der Waals surface area contributed by atoms with Crippen LogP contribution in [0.5, 0.6) is 11.5 Å². The Balaban J connectivity index is 1.86. The van der Waals surface area contributed by atoms with Crippen LogP contribution < -0.4 is 25.4 Å². The lowest BCUT2D eigenvalue weighted by Gasteiger charge is -2.13. The summed E-state index contributed by atoms with van der Waals surface area (Å²) in [4.78, 5) is 35.6. The van der Waals surface area contributed by atoms with Gasteiger partial charge in [0.15, 0.2) is 0 Å². The zero-order valence-corrected chi connectivity index (χ0v) is 16.0. The summed E-state index contributed by atoms with van der Waals surface area (Å²) in [6.45, 7) is 1.89. The normalized spacial score (nSPS) is 9.96. The highest BCUT2D eigenvalue weighted by Gasteiger charge is 2.17. The number of hydrogen-bond donors (Lipinski definition) is 3. The van der Waals surface area contributed by atoms with Crippen molar-refractivity contribution in [1.29, 1.82) is 0 Å². The summed E-state index contributed by atoms with van der Waals surface area (Å²) in [5, 5.41) is 8.08. The van der Waals surface area contributed by atoms with Gasteiger partial charge in [0.2, 0.25) is 5.91 Å². The highest BCUT2D eigenvalue weighted by molar-refractivity contribution is 6.00. The Morgan fingerprint density at radius 3 is 1.86 bits per heavy atom. The number of carbonyl (C=O) groups is 3. The van der Waals surface area contributed by atoms with Crippen molar-refractivity contribution < 1.29 is 23.9 Å². The smallest absolute Gasteiger partial charge is 0.258 e. The molecular weight excluding hydrogens is 362 g/mol.